The molecule has 154 valence electrons. The Labute approximate surface area is 179 Å². The third kappa shape index (κ3) is 3.08. The summed E-state index contributed by atoms with van der Waals surface area (Å²) in [7, 11) is 0. The van der Waals surface area contributed by atoms with Crippen LogP contribution in [0.3, 0.4) is 0 Å². The maximum Gasteiger partial charge on any atom is 0.242 e. The maximum absolute atomic E-state index is 13.7. The van der Waals surface area contributed by atoms with E-state index in [0.29, 0.717) is 21.5 Å². The van der Waals surface area contributed by atoms with E-state index in [2.05, 4.69) is 4.98 Å². The molecule has 0 unspecified atom stereocenters. The average molecular weight is 434 g/mol. The topological polar surface area (TPSA) is 88.5 Å². The number of furan rings is 1. The highest BCUT2D eigenvalue weighted by Gasteiger charge is 2.32. The van der Waals surface area contributed by atoms with Crippen molar-refractivity contribution in [1.82, 2.24) is 9.55 Å². The minimum Gasteiger partial charge on any atom is -0.503 e. The number of thiazole rings is 1. The van der Waals surface area contributed by atoms with Crippen LogP contribution in [0, 0.1) is 12.7 Å². The molecule has 0 spiro atoms. The van der Waals surface area contributed by atoms with Gasteiger partial charge in [-0.1, -0.05) is 41.7 Å². The van der Waals surface area contributed by atoms with Gasteiger partial charge in [-0.3, -0.25) is 9.36 Å². The number of carbonyl (C=O) groups is 1. The number of rotatable bonds is 4. The molecule has 2 aromatic carbocycles. The van der Waals surface area contributed by atoms with Crippen LogP contribution in [-0.4, -0.2) is 25.5 Å². The van der Waals surface area contributed by atoms with E-state index in [4.69, 9.17) is 4.42 Å². The summed E-state index contributed by atoms with van der Waals surface area (Å²) < 4.78 is 21.0. The number of benzene rings is 2. The highest BCUT2D eigenvalue weighted by atomic mass is 32.1. The Balaban J connectivity index is 1.81. The first-order valence-corrected chi connectivity index (χ1v) is 10.2. The molecular weight excluding hydrogens is 419 g/mol. The summed E-state index contributed by atoms with van der Waals surface area (Å²) in [5.74, 6) is -1.52. The van der Waals surface area contributed by atoms with E-state index >= 15 is 0 Å². The zero-order valence-corrected chi connectivity index (χ0v) is 17.0. The van der Waals surface area contributed by atoms with Gasteiger partial charge in [0.05, 0.1) is 21.5 Å². The minimum atomic E-state index is -0.580. The van der Waals surface area contributed by atoms with Gasteiger partial charge in [0.25, 0.3) is 0 Å². The smallest absolute Gasteiger partial charge is 0.242 e. The number of carbonyl (C=O) groups excluding carboxylic acids is 1. The van der Waals surface area contributed by atoms with Crippen molar-refractivity contribution in [1.29, 1.82) is 0 Å². The Bertz CT molecular complexity index is 1450. The molecule has 0 saturated heterocycles. The molecule has 0 atom stereocenters. The van der Waals surface area contributed by atoms with E-state index in [0.717, 1.165) is 11.3 Å². The van der Waals surface area contributed by atoms with E-state index < -0.39 is 23.2 Å². The van der Waals surface area contributed by atoms with Gasteiger partial charge in [0.1, 0.15) is 11.6 Å². The van der Waals surface area contributed by atoms with Gasteiger partial charge >= 0.3 is 0 Å². The third-order valence-corrected chi connectivity index (χ3v) is 5.89. The third-order valence-electron chi connectivity index (χ3n) is 4.89. The van der Waals surface area contributed by atoms with Crippen molar-refractivity contribution in [2.45, 2.75) is 6.92 Å². The fraction of sp³-hybridized carbons (Fsp3) is 0.0435. The van der Waals surface area contributed by atoms with Crippen molar-refractivity contribution in [3.63, 3.8) is 0 Å². The van der Waals surface area contributed by atoms with Crippen molar-refractivity contribution in [2.75, 3.05) is 0 Å². The van der Waals surface area contributed by atoms with Crippen molar-refractivity contribution >= 4 is 27.3 Å². The molecule has 0 radical (unpaired) electrons. The summed E-state index contributed by atoms with van der Waals surface area (Å²) in [5, 5.41) is 21.9. The zero-order chi connectivity index (χ0) is 21.7. The number of hydrogen-bond acceptors (Lipinski definition) is 6. The highest BCUT2D eigenvalue weighted by molar-refractivity contribution is 7.20. The molecule has 6 nitrogen and oxygen atoms in total. The first kappa shape index (κ1) is 19.1. The maximum atomic E-state index is 13.7. The number of fused-ring (bicyclic) bond motifs is 1. The second-order valence-corrected chi connectivity index (χ2v) is 7.95. The molecule has 5 rings (SSSR count). The fourth-order valence-electron chi connectivity index (χ4n) is 3.48. The van der Waals surface area contributed by atoms with E-state index in [9.17, 15) is 19.4 Å². The number of ketones is 1. The molecular formula is C23H15FN2O4S. The van der Waals surface area contributed by atoms with Crippen molar-refractivity contribution in [3.8, 4) is 28.0 Å². The van der Waals surface area contributed by atoms with Crippen LogP contribution in [0.4, 0.5) is 4.39 Å². The fourth-order valence-corrected chi connectivity index (χ4v) is 4.48. The minimum absolute atomic E-state index is 0.0357. The van der Waals surface area contributed by atoms with Crippen LogP contribution in [0.2, 0.25) is 0 Å². The molecule has 0 amide bonds. The quantitative estimate of drug-likeness (QED) is 0.368. The molecule has 0 fully saturated rings. The van der Waals surface area contributed by atoms with Crippen LogP contribution in [-0.2, 0) is 0 Å². The predicted molar refractivity (Wildman–Crippen MR) is 115 cm³/mol. The van der Waals surface area contributed by atoms with E-state index in [-0.39, 0.29) is 22.1 Å². The van der Waals surface area contributed by atoms with E-state index in [1.807, 2.05) is 6.07 Å². The van der Waals surface area contributed by atoms with Gasteiger partial charge in [-0.05, 0) is 42.8 Å². The molecule has 8 heteroatoms. The average Bonchev–Trinajstić information content (AvgIpc) is 3.44. The molecule has 2 N–H and O–H groups in total. The first-order chi connectivity index (χ1) is 14.9. The van der Waals surface area contributed by atoms with Gasteiger partial charge in [-0.25, -0.2) is 9.37 Å². The van der Waals surface area contributed by atoms with Gasteiger partial charge in [-0.15, -0.1) is 0 Å². The molecule has 5 aromatic rings. The second kappa shape index (κ2) is 7.10. The zero-order valence-electron chi connectivity index (χ0n) is 16.2. The lowest BCUT2D eigenvalue weighted by Gasteiger charge is -2.08. The summed E-state index contributed by atoms with van der Waals surface area (Å²) in [6, 6.07) is 16.2. The first-order valence-electron chi connectivity index (χ1n) is 9.33. The molecule has 31 heavy (non-hydrogen) atoms. The number of aryl methyl sites for hydroxylation is 1. The summed E-state index contributed by atoms with van der Waals surface area (Å²) in [4.78, 5) is 17.7. The molecule has 3 heterocycles. The van der Waals surface area contributed by atoms with Crippen molar-refractivity contribution in [2.24, 2.45) is 0 Å². The lowest BCUT2D eigenvalue weighted by Crippen LogP contribution is -2.04. The van der Waals surface area contributed by atoms with E-state index in [1.54, 1.807) is 37.3 Å². The molecule has 0 saturated carbocycles. The monoisotopic (exact) mass is 434 g/mol. The lowest BCUT2D eigenvalue weighted by molar-refractivity contribution is 0.101. The second-order valence-electron chi connectivity index (χ2n) is 6.95. The van der Waals surface area contributed by atoms with Crippen LogP contribution < -0.4 is 0 Å². The van der Waals surface area contributed by atoms with Crippen LogP contribution in [0.15, 0.2) is 65.1 Å². The van der Waals surface area contributed by atoms with Crippen LogP contribution in [0.25, 0.3) is 26.6 Å². The summed E-state index contributed by atoms with van der Waals surface area (Å²) >= 11 is 1.13. The number of aromatic hydroxyl groups is 2. The van der Waals surface area contributed by atoms with Gasteiger partial charge in [0.2, 0.25) is 11.7 Å². The lowest BCUT2D eigenvalue weighted by atomic mass is 10.0. The number of halogens is 1. The summed E-state index contributed by atoms with van der Waals surface area (Å²) in [6.07, 6.45) is 0. The summed E-state index contributed by atoms with van der Waals surface area (Å²) in [6.45, 7) is 1.71. The number of aromatic nitrogens is 2. The molecule has 0 aliphatic carbocycles. The number of nitrogens with zero attached hydrogens (tertiary/aromatic N) is 2. The Morgan fingerprint density at radius 2 is 1.87 bits per heavy atom. The Hall–Kier alpha value is -3.91. The molecule has 0 bridgehead atoms. The largest absolute Gasteiger partial charge is 0.503 e. The molecule has 0 aliphatic rings. The van der Waals surface area contributed by atoms with Crippen molar-refractivity contribution < 1.29 is 23.8 Å². The molecule has 3 aromatic heterocycles. The van der Waals surface area contributed by atoms with Crippen molar-refractivity contribution in [3.05, 3.63) is 83.6 Å². The van der Waals surface area contributed by atoms with Crippen LogP contribution >= 0.6 is 11.3 Å². The normalized spacial score (nSPS) is 11.3. The van der Waals surface area contributed by atoms with Gasteiger partial charge in [0.15, 0.2) is 16.6 Å². The van der Waals surface area contributed by atoms with Crippen LogP contribution in [0.1, 0.15) is 21.9 Å². The van der Waals surface area contributed by atoms with Gasteiger partial charge < -0.3 is 14.6 Å². The Morgan fingerprint density at radius 1 is 1.10 bits per heavy atom. The SMILES string of the molecule is Cc1ccc(C(=O)c2c(O)c(O)n(-c3nc4ccc(F)cc4s3)c2-c2ccccc2)o1. The van der Waals surface area contributed by atoms with Gasteiger partial charge in [-0.2, -0.15) is 0 Å². The van der Waals surface area contributed by atoms with E-state index in [1.165, 1.54) is 28.8 Å². The van der Waals surface area contributed by atoms with Gasteiger partial charge in [0, 0.05) is 0 Å². The Morgan fingerprint density at radius 3 is 2.58 bits per heavy atom. The highest BCUT2D eigenvalue weighted by Crippen LogP contribution is 2.45. The van der Waals surface area contributed by atoms with Crippen LogP contribution in [0.5, 0.6) is 11.6 Å². The molecule has 0 aliphatic heterocycles. The predicted octanol–water partition coefficient (Wildman–Crippen LogP) is 5.44. The summed E-state index contributed by atoms with van der Waals surface area (Å²) in [5.41, 5.74) is 1.26. The standard InChI is InChI=1S/C23H15FN2O4S/c1-12-7-10-16(30-12)20(27)18-19(13-5-3-2-4-6-13)26(22(29)21(18)28)23-25-15-9-8-14(24)11-17(15)31-23/h2-11,28-29H,1H3. The Kier molecular flexibility index (Phi) is 4.37. The number of hydrogen-bond donors (Lipinski definition) is 2.